The third-order valence-corrected chi connectivity index (χ3v) is 12.3. The Balaban J connectivity index is 1.81. The van der Waals surface area contributed by atoms with Gasteiger partial charge in [-0.15, -0.1) is 0 Å². The Kier molecular flexibility index (Phi) is 11.1. The monoisotopic (exact) mass is 600 g/mol. The average molecular weight is 601 g/mol. The molecule has 0 amide bonds. The molecule has 0 unspecified atom stereocenters. The van der Waals surface area contributed by atoms with Gasteiger partial charge in [0.1, 0.15) is 17.2 Å². The molecule has 2 fully saturated rings. The van der Waals surface area contributed by atoms with Gasteiger partial charge in [-0.05, 0) is 95.0 Å². The van der Waals surface area contributed by atoms with E-state index in [1.807, 2.05) is 0 Å². The minimum atomic E-state index is -0.330. The Labute approximate surface area is 262 Å². The summed E-state index contributed by atoms with van der Waals surface area (Å²) in [5.74, 6) is 2.55. The highest BCUT2D eigenvalue weighted by Gasteiger charge is 2.35. The molecule has 0 aliphatic heterocycles. The lowest BCUT2D eigenvalue weighted by Gasteiger charge is -2.40. The van der Waals surface area contributed by atoms with E-state index in [-0.39, 0.29) is 26.2 Å². The summed E-state index contributed by atoms with van der Waals surface area (Å²) < 4.78 is 20.2. The fourth-order valence-electron chi connectivity index (χ4n) is 7.11. The molecule has 43 heavy (non-hydrogen) atoms. The van der Waals surface area contributed by atoms with Crippen molar-refractivity contribution in [1.29, 1.82) is 0 Å². The maximum atomic E-state index is 6.90. The largest absolute Gasteiger partial charge is 0.490 e. The minimum absolute atomic E-state index is 0.00669. The van der Waals surface area contributed by atoms with Gasteiger partial charge in [-0.1, -0.05) is 101 Å². The zero-order valence-corrected chi connectivity index (χ0v) is 28.3. The van der Waals surface area contributed by atoms with Crippen LogP contribution in [0, 0.1) is 0 Å². The molecule has 0 saturated heterocycles. The molecule has 2 aliphatic carbocycles. The Morgan fingerprint density at radius 3 is 1.58 bits per heavy atom. The van der Waals surface area contributed by atoms with Crippen LogP contribution in [0.15, 0.2) is 60.7 Å². The number of rotatable bonds is 11. The van der Waals surface area contributed by atoms with Gasteiger partial charge in [-0.25, -0.2) is 0 Å². The van der Waals surface area contributed by atoms with Gasteiger partial charge in [0.2, 0.25) is 0 Å². The molecule has 232 valence electrons. The summed E-state index contributed by atoms with van der Waals surface area (Å²) >= 11 is 0. The second-order valence-corrected chi connectivity index (χ2v) is 16.1. The molecule has 0 bridgehead atoms. The van der Waals surface area contributed by atoms with Gasteiger partial charge in [0, 0.05) is 6.07 Å². The number of ether oxygens (including phenoxy) is 3. The smallest absolute Gasteiger partial charge is 0.142 e. The second-order valence-electron chi connectivity index (χ2n) is 13.3. The molecule has 2 aliphatic rings. The first kappa shape index (κ1) is 31.9. The maximum Gasteiger partial charge on any atom is 0.142 e. The second kappa shape index (κ2) is 15.0. The molecule has 3 aromatic rings. The number of hydrogen-bond acceptors (Lipinski definition) is 3. The van der Waals surface area contributed by atoms with Gasteiger partial charge in [-0.3, -0.25) is 0 Å². The van der Waals surface area contributed by atoms with Crippen LogP contribution in [-0.2, 0) is 0 Å². The molecule has 0 N–H and O–H groups in total. The van der Waals surface area contributed by atoms with Crippen molar-refractivity contribution in [2.45, 2.75) is 135 Å². The molecular formula is C39H53O3P. The van der Waals surface area contributed by atoms with Crippen LogP contribution in [0.4, 0.5) is 0 Å². The highest BCUT2D eigenvalue weighted by Crippen LogP contribution is 2.58. The molecular weight excluding hydrogens is 547 g/mol. The molecule has 3 nitrogen and oxygen atoms in total. The molecule has 5 rings (SSSR count). The lowest BCUT2D eigenvalue weighted by atomic mass is 9.94. The zero-order valence-electron chi connectivity index (χ0n) is 27.4. The predicted octanol–water partition coefficient (Wildman–Crippen LogP) is 11.2. The summed E-state index contributed by atoms with van der Waals surface area (Å²) in [6.07, 6.45) is 13.8. The van der Waals surface area contributed by atoms with Gasteiger partial charge in [0.05, 0.1) is 29.4 Å². The Bertz CT molecular complexity index is 1290. The summed E-state index contributed by atoms with van der Waals surface area (Å²) in [5, 5.41) is 1.55. The molecule has 0 heterocycles. The zero-order chi connectivity index (χ0) is 30.3. The quantitative estimate of drug-likeness (QED) is 0.205. The van der Waals surface area contributed by atoms with Crippen molar-refractivity contribution < 1.29 is 14.2 Å². The normalized spacial score (nSPS) is 16.8. The molecule has 3 aromatic carbocycles. The molecule has 2 saturated carbocycles. The third-order valence-electron chi connectivity index (χ3n) is 8.74. The fourth-order valence-corrected chi connectivity index (χ4v) is 11.1. The molecule has 0 radical (unpaired) electrons. The van der Waals surface area contributed by atoms with E-state index >= 15 is 0 Å². The maximum absolute atomic E-state index is 6.90. The third kappa shape index (κ3) is 7.78. The van der Waals surface area contributed by atoms with Crippen molar-refractivity contribution in [2.75, 3.05) is 0 Å². The van der Waals surface area contributed by atoms with Crippen molar-refractivity contribution in [2.24, 2.45) is 0 Å². The van der Waals surface area contributed by atoms with Crippen LogP contribution in [0.1, 0.15) is 106 Å². The average Bonchev–Trinajstić information content (AvgIpc) is 2.99. The van der Waals surface area contributed by atoms with Crippen LogP contribution in [0.5, 0.6) is 17.2 Å². The van der Waals surface area contributed by atoms with Gasteiger partial charge in [0.25, 0.3) is 0 Å². The van der Waals surface area contributed by atoms with Crippen LogP contribution in [0.25, 0.3) is 22.3 Å². The van der Waals surface area contributed by atoms with Gasteiger partial charge >= 0.3 is 0 Å². The van der Waals surface area contributed by atoms with Crippen LogP contribution in [0.3, 0.4) is 0 Å². The van der Waals surface area contributed by atoms with Crippen molar-refractivity contribution >= 4 is 13.2 Å². The first-order valence-electron chi connectivity index (χ1n) is 17.0. The standard InChI is InChI=1S/C39H53O3P/c1-27(2)40-34-26-35(41-28(3)4)38(39(42-29(5)6)37(34)30-18-10-7-11-19-30)33-24-16-17-25-36(33)43(31-20-12-8-13-21-31)32-22-14-9-15-23-32/h7,10-11,16-19,24-29,31-32H,8-9,12-15,20-23H2,1-6H3. The van der Waals surface area contributed by atoms with E-state index in [0.29, 0.717) is 0 Å². The number of benzene rings is 3. The first-order valence-corrected chi connectivity index (χ1v) is 18.5. The van der Waals surface area contributed by atoms with Crippen molar-refractivity contribution in [3.63, 3.8) is 0 Å². The summed E-state index contributed by atoms with van der Waals surface area (Å²) in [5.41, 5.74) is 6.11. The van der Waals surface area contributed by atoms with E-state index in [0.717, 1.165) is 45.3 Å². The molecule has 0 spiro atoms. The van der Waals surface area contributed by atoms with Crippen molar-refractivity contribution in [3.05, 3.63) is 60.7 Å². The SMILES string of the molecule is CC(C)Oc1cc(OC(C)C)c(-c2ccccc2P(C2CCCCC2)C2CCCCC2)c(OC(C)C)c1-c1ccccc1. The highest BCUT2D eigenvalue weighted by molar-refractivity contribution is 7.67. The minimum Gasteiger partial charge on any atom is -0.490 e. The van der Waals surface area contributed by atoms with Gasteiger partial charge in [0.15, 0.2) is 0 Å². The molecule has 4 heteroatoms. The molecule has 0 atom stereocenters. The summed E-state index contributed by atoms with van der Waals surface area (Å²) in [7, 11) is -0.330. The van der Waals surface area contributed by atoms with E-state index < -0.39 is 0 Å². The van der Waals surface area contributed by atoms with Crippen LogP contribution in [0.2, 0.25) is 0 Å². The Morgan fingerprint density at radius 1 is 0.558 bits per heavy atom. The van der Waals surface area contributed by atoms with E-state index in [1.54, 1.807) is 5.30 Å². The Morgan fingerprint density at radius 2 is 1.05 bits per heavy atom. The van der Waals surface area contributed by atoms with E-state index in [4.69, 9.17) is 14.2 Å². The summed E-state index contributed by atoms with van der Waals surface area (Å²) in [4.78, 5) is 0. The van der Waals surface area contributed by atoms with Crippen LogP contribution >= 0.6 is 7.92 Å². The summed E-state index contributed by atoms with van der Waals surface area (Å²) in [6, 6.07) is 22.1. The van der Waals surface area contributed by atoms with E-state index in [1.165, 1.54) is 69.8 Å². The highest BCUT2D eigenvalue weighted by atomic mass is 31.1. The topological polar surface area (TPSA) is 27.7 Å². The number of hydrogen-bond donors (Lipinski definition) is 0. The lowest BCUT2D eigenvalue weighted by molar-refractivity contribution is 0.219. The van der Waals surface area contributed by atoms with Crippen LogP contribution < -0.4 is 19.5 Å². The van der Waals surface area contributed by atoms with Gasteiger partial charge in [-0.2, -0.15) is 0 Å². The lowest BCUT2D eigenvalue weighted by Crippen LogP contribution is -2.27. The van der Waals surface area contributed by atoms with Gasteiger partial charge < -0.3 is 14.2 Å². The predicted molar refractivity (Wildman–Crippen MR) is 185 cm³/mol. The first-order chi connectivity index (χ1) is 20.8. The Hall–Kier alpha value is -2.51. The van der Waals surface area contributed by atoms with Crippen molar-refractivity contribution in [3.8, 4) is 39.5 Å². The molecule has 0 aromatic heterocycles. The summed E-state index contributed by atoms with van der Waals surface area (Å²) in [6.45, 7) is 12.7. The van der Waals surface area contributed by atoms with E-state index in [2.05, 4.69) is 102 Å². The van der Waals surface area contributed by atoms with E-state index in [9.17, 15) is 0 Å². The fraction of sp³-hybridized carbons (Fsp3) is 0.538. The van der Waals surface area contributed by atoms with Crippen molar-refractivity contribution in [1.82, 2.24) is 0 Å². The van der Waals surface area contributed by atoms with Crippen LogP contribution in [-0.4, -0.2) is 29.6 Å².